The molecule has 0 saturated carbocycles. The molecule has 168 valence electrons. The zero-order valence-electron chi connectivity index (χ0n) is 15.2. The topological polar surface area (TPSA) is 20.2 Å². The second-order valence-electron chi connectivity index (χ2n) is 7.52. The van der Waals surface area contributed by atoms with Crippen molar-refractivity contribution in [2.24, 2.45) is 0 Å². The van der Waals surface area contributed by atoms with Gasteiger partial charge in [0.2, 0.25) is 0 Å². The number of benzene rings is 1. The van der Waals surface area contributed by atoms with Gasteiger partial charge in [-0.15, -0.1) is 0 Å². The van der Waals surface area contributed by atoms with Crippen LogP contribution in [0.2, 0.25) is 0 Å². The van der Waals surface area contributed by atoms with Crippen molar-refractivity contribution >= 4 is 0 Å². The number of aliphatic hydroxyl groups excluding tert-OH is 1. The molecule has 0 aliphatic heterocycles. The Labute approximate surface area is 158 Å². The Morgan fingerprint density at radius 1 is 0.690 bits per heavy atom. The van der Waals surface area contributed by atoms with Crippen LogP contribution < -0.4 is 0 Å². The van der Waals surface area contributed by atoms with Crippen molar-refractivity contribution in [3.63, 3.8) is 0 Å². The molecule has 1 nitrogen and oxygen atoms in total. The Bertz CT molecular complexity index is 700. The van der Waals surface area contributed by atoms with Gasteiger partial charge in [-0.3, -0.25) is 0 Å². The SMILES string of the molecule is CC(C)(C)c1ccc(C(O)CC(F)(F)C(F)(F)C(F)(F)C(F)(F)C(F)(F)F)cc1. The molecule has 0 spiro atoms. The molecule has 0 aromatic heterocycles. The van der Waals surface area contributed by atoms with Gasteiger partial charge < -0.3 is 5.11 Å². The summed E-state index contributed by atoms with van der Waals surface area (Å²) < 4.78 is 143. The van der Waals surface area contributed by atoms with Crippen LogP contribution in [0.1, 0.15) is 44.4 Å². The normalized spacial score (nSPS) is 16.1. The lowest BCUT2D eigenvalue weighted by Crippen LogP contribution is -2.66. The van der Waals surface area contributed by atoms with Crippen LogP contribution in [-0.4, -0.2) is 35.0 Å². The summed E-state index contributed by atoms with van der Waals surface area (Å²) in [5.41, 5.74) is -0.243. The molecule has 0 aliphatic rings. The van der Waals surface area contributed by atoms with Crippen molar-refractivity contribution in [3.8, 4) is 0 Å². The van der Waals surface area contributed by atoms with E-state index in [1.165, 1.54) is 12.1 Å². The third kappa shape index (κ3) is 4.46. The highest BCUT2D eigenvalue weighted by molar-refractivity contribution is 5.29. The van der Waals surface area contributed by atoms with E-state index in [0.29, 0.717) is 5.56 Å². The highest BCUT2D eigenvalue weighted by Gasteiger charge is 2.87. The molecule has 12 heteroatoms. The van der Waals surface area contributed by atoms with Crippen molar-refractivity contribution < 1.29 is 53.4 Å². The third-order valence-electron chi connectivity index (χ3n) is 4.22. The summed E-state index contributed by atoms with van der Waals surface area (Å²) >= 11 is 0. The van der Waals surface area contributed by atoms with E-state index in [9.17, 15) is 53.4 Å². The summed E-state index contributed by atoms with van der Waals surface area (Å²) in [6.07, 6.45) is -12.3. The van der Waals surface area contributed by atoms with Crippen LogP contribution in [0.15, 0.2) is 24.3 Å². The van der Waals surface area contributed by atoms with Crippen LogP contribution in [0, 0.1) is 0 Å². The highest BCUT2D eigenvalue weighted by atomic mass is 19.4. The lowest BCUT2D eigenvalue weighted by molar-refractivity contribution is -0.423. The molecule has 0 heterocycles. The van der Waals surface area contributed by atoms with Gasteiger partial charge >= 0.3 is 29.9 Å². The van der Waals surface area contributed by atoms with Gasteiger partial charge in [-0.25, -0.2) is 0 Å². The molecule has 0 radical (unpaired) electrons. The first-order valence-corrected chi connectivity index (χ1v) is 7.96. The van der Waals surface area contributed by atoms with E-state index in [4.69, 9.17) is 0 Å². The summed E-state index contributed by atoms with van der Waals surface area (Å²) in [6.45, 7) is 5.28. The first-order valence-electron chi connectivity index (χ1n) is 7.96. The predicted molar refractivity (Wildman–Crippen MR) is 80.6 cm³/mol. The molecular formula is C17H17F11O. The fourth-order valence-corrected chi connectivity index (χ4v) is 2.30. The molecule has 0 fully saturated rings. The van der Waals surface area contributed by atoms with Crippen LogP contribution in [0.4, 0.5) is 48.3 Å². The molecule has 0 saturated heterocycles. The molecule has 0 bridgehead atoms. The largest absolute Gasteiger partial charge is 0.460 e. The van der Waals surface area contributed by atoms with Gasteiger partial charge in [0.1, 0.15) is 0 Å². The Morgan fingerprint density at radius 3 is 1.45 bits per heavy atom. The van der Waals surface area contributed by atoms with Gasteiger partial charge in [0.05, 0.1) is 6.10 Å². The Hall–Kier alpha value is -1.59. The Balaban J connectivity index is 3.20. The number of halogens is 11. The smallest absolute Gasteiger partial charge is 0.388 e. The van der Waals surface area contributed by atoms with E-state index in [1.54, 1.807) is 20.8 Å². The number of hydrogen-bond donors (Lipinski definition) is 1. The molecule has 1 aromatic rings. The minimum absolute atomic E-state index is 0.425. The molecule has 1 aromatic carbocycles. The number of aliphatic hydroxyl groups is 1. The maximum Gasteiger partial charge on any atom is 0.460 e. The molecule has 1 atom stereocenters. The van der Waals surface area contributed by atoms with Crippen molar-refractivity contribution in [3.05, 3.63) is 35.4 Å². The fourth-order valence-electron chi connectivity index (χ4n) is 2.30. The average Bonchev–Trinajstić information content (AvgIpc) is 2.52. The first-order chi connectivity index (χ1) is 12.6. The lowest BCUT2D eigenvalue weighted by atomic mass is 9.86. The fraction of sp³-hybridized carbons (Fsp3) is 0.647. The molecule has 1 N–H and O–H groups in total. The van der Waals surface area contributed by atoms with Gasteiger partial charge in [-0.05, 0) is 16.5 Å². The van der Waals surface area contributed by atoms with Crippen molar-refractivity contribution in [1.29, 1.82) is 0 Å². The van der Waals surface area contributed by atoms with Gasteiger partial charge in [-0.2, -0.15) is 48.3 Å². The van der Waals surface area contributed by atoms with Gasteiger partial charge in [0.15, 0.2) is 0 Å². The summed E-state index contributed by atoms with van der Waals surface area (Å²) in [6, 6.07) is 4.67. The van der Waals surface area contributed by atoms with Crippen molar-refractivity contribution in [2.75, 3.05) is 0 Å². The van der Waals surface area contributed by atoms with E-state index >= 15 is 0 Å². The van der Waals surface area contributed by atoms with Crippen LogP contribution in [0.25, 0.3) is 0 Å². The quantitative estimate of drug-likeness (QED) is 0.494. The second kappa shape index (κ2) is 7.28. The standard InChI is InChI=1S/C17H17F11O/c1-12(2,3)10-6-4-9(5-7-10)11(29)8-13(18,19)14(20,21)15(22,23)16(24,25)17(26,27)28/h4-7,11,29H,8H2,1-3H3. The number of alkyl halides is 11. The Morgan fingerprint density at radius 2 is 1.10 bits per heavy atom. The van der Waals surface area contributed by atoms with E-state index in [-0.39, 0.29) is 0 Å². The van der Waals surface area contributed by atoms with Crippen molar-refractivity contribution in [2.45, 2.75) is 68.6 Å². The number of rotatable bonds is 6. The summed E-state index contributed by atoms with van der Waals surface area (Å²) in [4.78, 5) is 0. The molecule has 1 rings (SSSR count). The molecule has 0 amide bonds. The zero-order chi connectivity index (χ0) is 23.3. The van der Waals surface area contributed by atoms with Crippen LogP contribution >= 0.6 is 0 Å². The highest BCUT2D eigenvalue weighted by Crippen LogP contribution is 2.58. The second-order valence-corrected chi connectivity index (χ2v) is 7.52. The van der Waals surface area contributed by atoms with E-state index in [1.807, 2.05) is 0 Å². The zero-order valence-corrected chi connectivity index (χ0v) is 15.2. The monoisotopic (exact) mass is 446 g/mol. The summed E-state index contributed by atoms with van der Waals surface area (Å²) in [7, 11) is 0. The number of hydrogen-bond acceptors (Lipinski definition) is 1. The molecular weight excluding hydrogens is 429 g/mol. The minimum Gasteiger partial charge on any atom is -0.388 e. The van der Waals surface area contributed by atoms with E-state index in [2.05, 4.69) is 0 Å². The van der Waals surface area contributed by atoms with Gasteiger partial charge in [-0.1, -0.05) is 45.0 Å². The molecule has 1 unspecified atom stereocenters. The molecule has 0 aliphatic carbocycles. The van der Waals surface area contributed by atoms with Crippen LogP contribution in [0.5, 0.6) is 0 Å². The maximum absolute atomic E-state index is 13.7. The lowest BCUT2D eigenvalue weighted by Gasteiger charge is -2.37. The van der Waals surface area contributed by atoms with Crippen molar-refractivity contribution in [1.82, 2.24) is 0 Å². The predicted octanol–water partition coefficient (Wildman–Crippen LogP) is 6.51. The third-order valence-corrected chi connectivity index (χ3v) is 4.22. The van der Waals surface area contributed by atoms with Gasteiger partial charge in [0, 0.05) is 6.42 Å². The van der Waals surface area contributed by atoms with Crippen LogP contribution in [-0.2, 0) is 5.41 Å². The van der Waals surface area contributed by atoms with Gasteiger partial charge in [0.25, 0.3) is 0 Å². The summed E-state index contributed by atoms with van der Waals surface area (Å²) in [5, 5.41) is 9.67. The average molecular weight is 446 g/mol. The minimum atomic E-state index is -7.47. The summed E-state index contributed by atoms with van der Waals surface area (Å²) in [5.74, 6) is -28.1. The van der Waals surface area contributed by atoms with E-state index in [0.717, 1.165) is 12.1 Å². The van der Waals surface area contributed by atoms with E-state index < -0.39 is 53.4 Å². The maximum atomic E-state index is 13.7. The Kier molecular flexibility index (Phi) is 6.38. The van der Waals surface area contributed by atoms with Crippen LogP contribution in [0.3, 0.4) is 0 Å². The first kappa shape index (κ1) is 25.4. The molecule has 29 heavy (non-hydrogen) atoms.